The molecule has 5 rings (SSSR count). The molecule has 39 heavy (non-hydrogen) atoms. The first kappa shape index (κ1) is 26.6. The molecule has 4 aromatic rings. The standard InChI is InChI=1S/C24H23FN6O7S/c25-39(36,37)16-7-3-14(4-8-16)23(35)26-9-13-1-5-15(6-2-13)30-21-18-22(28-11-27-21)31(12-29-18)24-20(34)19(33)17(10-32)38-24/h1-8,11-12,17,19-20,24,32-34H,9-10H2,(H,26,35)(H,27,28,30). The highest BCUT2D eigenvalue weighted by Gasteiger charge is 2.44. The average molecular weight is 559 g/mol. The number of aliphatic hydroxyl groups excluding tert-OH is 3. The summed E-state index contributed by atoms with van der Waals surface area (Å²) < 4.78 is 41.9. The normalized spacial score (nSPS) is 21.2. The second-order valence-corrected chi connectivity index (χ2v) is 10.1. The maximum Gasteiger partial charge on any atom is 0.332 e. The maximum atomic E-state index is 13.0. The molecule has 0 spiro atoms. The van der Waals surface area contributed by atoms with Crippen molar-refractivity contribution in [2.24, 2.45) is 0 Å². The molecule has 4 atom stereocenters. The van der Waals surface area contributed by atoms with Gasteiger partial charge in [0.25, 0.3) is 5.91 Å². The molecular weight excluding hydrogens is 535 g/mol. The number of carbonyl (C=O) groups is 1. The van der Waals surface area contributed by atoms with Gasteiger partial charge < -0.3 is 30.7 Å². The summed E-state index contributed by atoms with van der Waals surface area (Å²) in [5.41, 5.74) is 2.36. The van der Waals surface area contributed by atoms with Crippen LogP contribution in [0.1, 0.15) is 22.1 Å². The predicted molar refractivity (Wildman–Crippen MR) is 134 cm³/mol. The summed E-state index contributed by atoms with van der Waals surface area (Å²) in [5.74, 6) is -0.0709. The number of nitrogens with one attached hydrogen (secondary N) is 2. The monoisotopic (exact) mass is 558 g/mol. The van der Waals surface area contributed by atoms with E-state index >= 15 is 0 Å². The Morgan fingerprint density at radius 2 is 1.74 bits per heavy atom. The van der Waals surface area contributed by atoms with Gasteiger partial charge in [-0.05, 0) is 42.0 Å². The Morgan fingerprint density at radius 1 is 1.03 bits per heavy atom. The number of nitrogens with zero attached hydrogens (tertiary/aromatic N) is 4. The van der Waals surface area contributed by atoms with Gasteiger partial charge in [0.05, 0.1) is 17.8 Å². The highest BCUT2D eigenvalue weighted by atomic mass is 32.3. The van der Waals surface area contributed by atoms with Crippen LogP contribution in [0.2, 0.25) is 0 Å². The Labute approximate surface area is 221 Å². The number of anilines is 2. The number of hydrogen-bond acceptors (Lipinski definition) is 11. The third kappa shape index (κ3) is 5.43. The Bertz CT molecular complexity index is 1600. The largest absolute Gasteiger partial charge is 0.394 e. The molecule has 3 heterocycles. The molecule has 15 heteroatoms. The lowest BCUT2D eigenvalue weighted by molar-refractivity contribution is -0.0511. The fraction of sp³-hybridized carbons (Fsp3) is 0.250. The van der Waals surface area contributed by atoms with Crippen LogP contribution in [0.15, 0.2) is 66.1 Å². The molecule has 1 aliphatic heterocycles. The zero-order valence-electron chi connectivity index (χ0n) is 20.0. The molecular formula is C24H23FN6O7S. The van der Waals surface area contributed by atoms with Crippen LogP contribution >= 0.6 is 0 Å². The van der Waals surface area contributed by atoms with E-state index < -0.39 is 52.2 Å². The Balaban J connectivity index is 1.24. The van der Waals surface area contributed by atoms with Gasteiger partial charge >= 0.3 is 10.2 Å². The lowest BCUT2D eigenvalue weighted by Gasteiger charge is -2.16. The van der Waals surface area contributed by atoms with Crippen molar-refractivity contribution < 1.29 is 37.2 Å². The molecule has 1 aliphatic rings. The van der Waals surface area contributed by atoms with Crippen LogP contribution in [0.25, 0.3) is 11.2 Å². The zero-order chi connectivity index (χ0) is 27.7. The van der Waals surface area contributed by atoms with Crippen LogP contribution in [0.4, 0.5) is 15.4 Å². The van der Waals surface area contributed by atoms with E-state index in [1.165, 1.54) is 29.4 Å². The molecule has 0 aliphatic carbocycles. The number of hydrogen-bond donors (Lipinski definition) is 5. The van der Waals surface area contributed by atoms with Gasteiger partial charge in [-0.1, -0.05) is 12.1 Å². The maximum absolute atomic E-state index is 13.0. The van der Waals surface area contributed by atoms with Crippen molar-refractivity contribution in [3.63, 3.8) is 0 Å². The molecule has 2 aromatic carbocycles. The number of benzene rings is 2. The molecule has 0 bridgehead atoms. The van der Waals surface area contributed by atoms with E-state index in [9.17, 15) is 32.4 Å². The van der Waals surface area contributed by atoms with Crippen molar-refractivity contribution in [2.75, 3.05) is 11.9 Å². The van der Waals surface area contributed by atoms with Gasteiger partial charge in [0.2, 0.25) is 0 Å². The molecule has 5 N–H and O–H groups in total. The molecule has 1 saturated heterocycles. The minimum Gasteiger partial charge on any atom is -0.394 e. The molecule has 0 saturated carbocycles. The first-order valence-corrected chi connectivity index (χ1v) is 13.0. The van der Waals surface area contributed by atoms with Crippen molar-refractivity contribution in [1.29, 1.82) is 0 Å². The molecule has 4 unspecified atom stereocenters. The van der Waals surface area contributed by atoms with Crippen LogP contribution in [-0.2, 0) is 21.5 Å². The molecule has 13 nitrogen and oxygen atoms in total. The molecule has 204 valence electrons. The summed E-state index contributed by atoms with van der Waals surface area (Å²) in [5, 5.41) is 35.6. The van der Waals surface area contributed by atoms with Crippen LogP contribution in [0.3, 0.4) is 0 Å². The Hall–Kier alpha value is -4.02. The van der Waals surface area contributed by atoms with Gasteiger partial charge in [0, 0.05) is 17.8 Å². The first-order valence-electron chi connectivity index (χ1n) is 11.6. The van der Waals surface area contributed by atoms with E-state index in [2.05, 4.69) is 25.6 Å². The topological polar surface area (TPSA) is 189 Å². The van der Waals surface area contributed by atoms with E-state index in [1.807, 2.05) is 0 Å². The minimum absolute atomic E-state index is 0.185. The average Bonchev–Trinajstić information content (AvgIpc) is 3.48. The summed E-state index contributed by atoms with van der Waals surface area (Å²) in [6, 6.07) is 11.6. The molecule has 0 radical (unpaired) electrons. The highest BCUT2D eigenvalue weighted by Crippen LogP contribution is 2.32. The second-order valence-electron chi connectivity index (χ2n) is 8.74. The fourth-order valence-corrected chi connectivity index (χ4v) is 4.60. The van der Waals surface area contributed by atoms with Gasteiger partial charge in [-0.25, -0.2) is 15.0 Å². The quantitative estimate of drug-likeness (QED) is 0.192. The summed E-state index contributed by atoms with van der Waals surface area (Å²) in [6.07, 6.45) is -1.77. The Kier molecular flexibility index (Phi) is 7.24. The zero-order valence-corrected chi connectivity index (χ0v) is 20.9. The summed E-state index contributed by atoms with van der Waals surface area (Å²) >= 11 is 0. The first-order chi connectivity index (χ1) is 18.7. The van der Waals surface area contributed by atoms with Crippen LogP contribution in [-0.4, -0.2) is 74.1 Å². The number of rotatable bonds is 8. The summed E-state index contributed by atoms with van der Waals surface area (Å²) in [7, 11) is -4.83. The van der Waals surface area contributed by atoms with Gasteiger partial charge in [-0.3, -0.25) is 9.36 Å². The van der Waals surface area contributed by atoms with Crippen LogP contribution in [0, 0.1) is 0 Å². The smallest absolute Gasteiger partial charge is 0.332 e. The molecule has 1 fully saturated rings. The van der Waals surface area contributed by atoms with Crippen LogP contribution in [0.5, 0.6) is 0 Å². The van der Waals surface area contributed by atoms with E-state index in [0.717, 1.165) is 17.7 Å². The summed E-state index contributed by atoms with van der Waals surface area (Å²) in [6.45, 7) is -0.266. The van der Waals surface area contributed by atoms with Gasteiger partial charge in [-0.15, -0.1) is 3.89 Å². The van der Waals surface area contributed by atoms with Crippen molar-refractivity contribution in [3.8, 4) is 0 Å². The number of aliphatic hydroxyl groups is 3. The lowest BCUT2D eigenvalue weighted by atomic mass is 10.1. The lowest BCUT2D eigenvalue weighted by Crippen LogP contribution is -2.33. The third-order valence-corrected chi connectivity index (χ3v) is 7.05. The minimum atomic E-state index is -4.83. The number of carbonyl (C=O) groups excluding carboxylic acids is 1. The van der Waals surface area contributed by atoms with E-state index in [1.54, 1.807) is 24.3 Å². The third-order valence-electron chi connectivity index (χ3n) is 6.22. The number of aromatic nitrogens is 4. The van der Waals surface area contributed by atoms with Crippen molar-refractivity contribution >= 4 is 38.8 Å². The number of halogens is 1. The van der Waals surface area contributed by atoms with Gasteiger partial charge in [0.1, 0.15) is 24.6 Å². The number of fused-ring (bicyclic) bond motifs is 1. The molecule has 2 aromatic heterocycles. The van der Waals surface area contributed by atoms with E-state index in [0.29, 0.717) is 22.7 Å². The summed E-state index contributed by atoms with van der Waals surface area (Å²) in [4.78, 5) is 24.6. The van der Waals surface area contributed by atoms with Crippen molar-refractivity contribution in [2.45, 2.75) is 36.0 Å². The van der Waals surface area contributed by atoms with E-state index in [4.69, 9.17) is 4.74 Å². The number of imidazole rings is 1. The fourth-order valence-electron chi connectivity index (χ4n) is 4.14. The van der Waals surface area contributed by atoms with Gasteiger partial charge in [0.15, 0.2) is 23.2 Å². The van der Waals surface area contributed by atoms with Crippen molar-refractivity contribution in [3.05, 3.63) is 72.3 Å². The predicted octanol–water partition coefficient (Wildman–Crippen LogP) is 0.770. The Morgan fingerprint density at radius 3 is 2.38 bits per heavy atom. The number of ether oxygens (including phenoxy) is 1. The van der Waals surface area contributed by atoms with E-state index in [-0.39, 0.29) is 12.1 Å². The van der Waals surface area contributed by atoms with Gasteiger partial charge in [-0.2, -0.15) is 8.42 Å². The SMILES string of the molecule is O=C(NCc1ccc(Nc2ncnc3c2ncn3C2OC(CO)C(O)C2O)cc1)c1ccc(S(=O)(=O)F)cc1. The van der Waals surface area contributed by atoms with Crippen molar-refractivity contribution in [1.82, 2.24) is 24.8 Å². The molecule has 1 amide bonds. The van der Waals surface area contributed by atoms with Crippen LogP contribution < -0.4 is 10.6 Å². The highest BCUT2D eigenvalue weighted by molar-refractivity contribution is 7.86. The number of amides is 1. The second kappa shape index (κ2) is 10.6.